The van der Waals surface area contributed by atoms with E-state index in [9.17, 15) is 10.2 Å². The van der Waals surface area contributed by atoms with Crippen LogP contribution in [0.4, 0.5) is 0 Å². The maximum Gasteiger partial charge on any atom is 0.115 e. The second kappa shape index (κ2) is 10.6. The Balaban J connectivity index is 4.48. The van der Waals surface area contributed by atoms with Crippen LogP contribution in [0.2, 0.25) is 0 Å². The summed E-state index contributed by atoms with van der Waals surface area (Å²) in [7, 11) is 12.4. The molecule has 0 radical (unpaired) electrons. The average Bonchev–Trinajstić information content (AvgIpc) is 2.29. The van der Waals surface area contributed by atoms with Crippen LogP contribution in [0.1, 0.15) is 19.3 Å². The van der Waals surface area contributed by atoms with Crippen LogP contribution >= 0.6 is 0 Å². The highest BCUT2D eigenvalue weighted by Crippen LogP contribution is 2.05. The maximum absolute atomic E-state index is 10.3. The van der Waals surface area contributed by atoms with Crippen LogP contribution < -0.4 is 0 Å². The van der Waals surface area contributed by atoms with Crippen LogP contribution in [0.5, 0.6) is 0 Å². The fourth-order valence-electron chi connectivity index (χ4n) is 2.86. The van der Waals surface area contributed by atoms with Gasteiger partial charge in [0.2, 0.25) is 0 Å². The summed E-state index contributed by atoms with van der Waals surface area (Å²) in [5.74, 6) is 0. The smallest absolute Gasteiger partial charge is 0.115 e. The van der Waals surface area contributed by atoms with E-state index in [4.69, 9.17) is 5.11 Å². The van der Waals surface area contributed by atoms with Crippen LogP contribution in [0.3, 0.4) is 0 Å². The Labute approximate surface area is 143 Å². The molecule has 0 heterocycles. The number of nitrogens with zero attached hydrogens (tertiary/aromatic N) is 3. The fourth-order valence-corrected chi connectivity index (χ4v) is 2.86. The number of unbranched alkanes of at least 4 members (excludes halogenated alkanes) is 2. The third-order valence-electron chi connectivity index (χ3n) is 3.59. The predicted octanol–water partition coefficient (Wildman–Crippen LogP) is -0.415. The molecule has 0 amide bonds. The standard InChI is InChI=1S/C17H41N3O3/c1-19(2,3)14-16(22)12-18(10-8-7-9-11-21)13-17(23)15-20(4,5)6/h16-17,21-23H,7-15H2,1-6H3/q+2. The molecule has 0 aliphatic carbocycles. The number of quaternary nitrogens is 2. The van der Waals surface area contributed by atoms with Crippen molar-refractivity contribution >= 4 is 0 Å². The largest absolute Gasteiger partial charge is 0.396 e. The van der Waals surface area contributed by atoms with Crippen molar-refractivity contribution in [2.24, 2.45) is 0 Å². The van der Waals surface area contributed by atoms with Crippen LogP contribution in [0, 0.1) is 0 Å². The van der Waals surface area contributed by atoms with Gasteiger partial charge in [0.1, 0.15) is 25.3 Å². The predicted molar refractivity (Wildman–Crippen MR) is 95.2 cm³/mol. The van der Waals surface area contributed by atoms with Gasteiger partial charge in [-0.25, -0.2) is 0 Å². The second-order valence-electron chi connectivity index (χ2n) is 8.80. The number of likely N-dealkylation sites (N-methyl/N-ethyl adjacent to an activating group) is 2. The van der Waals surface area contributed by atoms with Crippen molar-refractivity contribution < 1.29 is 24.3 Å². The van der Waals surface area contributed by atoms with E-state index in [-0.39, 0.29) is 6.61 Å². The van der Waals surface area contributed by atoms with E-state index < -0.39 is 12.2 Å². The van der Waals surface area contributed by atoms with Gasteiger partial charge in [0, 0.05) is 19.7 Å². The van der Waals surface area contributed by atoms with E-state index in [1.54, 1.807) is 0 Å². The van der Waals surface area contributed by atoms with E-state index in [0.29, 0.717) is 26.2 Å². The number of hydrogen-bond acceptors (Lipinski definition) is 4. The summed E-state index contributed by atoms with van der Waals surface area (Å²) in [5.41, 5.74) is 0. The molecule has 2 atom stereocenters. The number of aliphatic hydroxyl groups excluding tert-OH is 3. The van der Waals surface area contributed by atoms with Crippen LogP contribution in [0.25, 0.3) is 0 Å². The second-order valence-corrected chi connectivity index (χ2v) is 8.80. The highest BCUT2D eigenvalue weighted by atomic mass is 16.3. The Morgan fingerprint density at radius 1 is 0.739 bits per heavy atom. The SMILES string of the molecule is C[N+](C)(C)CC(O)CN(CCCCCO)CC(O)C[N+](C)(C)C. The molecule has 0 bridgehead atoms. The number of hydrogen-bond donors (Lipinski definition) is 3. The molecule has 6 nitrogen and oxygen atoms in total. The van der Waals surface area contributed by atoms with Gasteiger partial charge in [-0.05, 0) is 25.8 Å². The van der Waals surface area contributed by atoms with Gasteiger partial charge in [-0.1, -0.05) is 0 Å². The molecule has 0 saturated carbocycles. The van der Waals surface area contributed by atoms with Crippen molar-refractivity contribution in [3.8, 4) is 0 Å². The lowest BCUT2D eigenvalue weighted by molar-refractivity contribution is -0.873. The molecule has 6 heteroatoms. The Kier molecular flexibility index (Phi) is 10.5. The van der Waals surface area contributed by atoms with Gasteiger partial charge in [0.25, 0.3) is 0 Å². The quantitative estimate of drug-likeness (QED) is 0.316. The van der Waals surface area contributed by atoms with Crippen LogP contribution in [-0.2, 0) is 0 Å². The van der Waals surface area contributed by atoms with Gasteiger partial charge < -0.3 is 24.3 Å². The lowest BCUT2D eigenvalue weighted by atomic mass is 10.2. The molecule has 0 aliphatic rings. The van der Waals surface area contributed by atoms with Gasteiger partial charge in [0.05, 0.1) is 42.3 Å². The summed E-state index contributed by atoms with van der Waals surface area (Å²) in [5, 5.41) is 29.5. The van der Waals surface area contributed by atoms with Gasteiger partial charge in [-0.3, -0.25) is 4.90 Å². The zero-order valence-corrected chi connectivity index (χ0v) is 16.2. The topological polar surface area (TPSA) is 63.9 Å². The molecule has 0 saturated heterocycles. The highest BCUT2D eigenvalue weighted by Gasteiger charge is 2.22. The van der Waals surface area contributed by atoms with Gasteiger partial charge in [-0.2, -0.15) is 0 Å². The maximum atomic E-state index is 10.3. The first-order valence-electron chi connectivity index (χ1n) is 8.73. The van der Waals surface area contributed by atoms with Crippen molar-refractivity contribution in [1.82, 2.24) is 4.90 Å². The molecule has 3 N–H and O–H groups in total. The Morgan fingerprint density at radius 2 is 1.17 bits per heavy atom. The van der Waals surface area contributed by atoms with Crippen molar-refractivity contribution in [1.29, 1.82) is 0 Å². The highest BCUT2D eigenvalue weighted by molar-refractivity contribution is 4.69. The molecule has 140 valence electrons. The minimum absolute atomic E-state index is 0.230. The minimum atomic E-state index is -0.399. The Bertz CT molecular complexity index is 276. The molecular weight excluding hydrogens is 294 g/mol. The van der Waals surface area contributed by atoms with Crippen molar-refractivity contribution in [3.63, 3.8) is 0 Å². The summed E-state index contributed by atoms with van der Waals surface area (Å²) < 4.78 is 1.45. The first-order valence-corrected chi connectivity index (χ1v) is 8.73. The van der Waals surface area contributed by atoms with Gasteiger partial charge >= 0.3 is 0 Å². The normalized spacial score (nSPS) is 15.9. The summed E-state index contributed by atoms with van der Waals surface area (Å²) in [6.45, 7) is 3.64. The fraction of sp³-hybridized carbons (Fsp3) is 1.00. The molecule has 0 rings (SSSR count). The third-order valence-corrected chi connectivity index (χ3v) is 3.59. The van der Waals surface area contributed by atoms with Crippen molar-refractivity contribution in [2.75, 3.05) is 81.6 Å². The summed E-state index contributed by atoms with van der Waals surface area (Å²) in [4.78, 5) is 2.16. The van der Waals surface area contributed by atoms with E-state index in [1.807, 2.05) is 0 Å². The molecule has 0 aromatic heterocycles. The summed E-state index contributed by atoms with van der Waals surface area (Å²) in [6, 6.07) is 0. The first kappa shape index (κ1) is 22.8. The van der Waals surface area contributed by atoms with E-state index in [1.165, 1.54) is 0 Å². The molecule has 2 unspecified atom stereocenters. The summed E-state index contributed by atoms with van der Waals surface area (Å²) in [6.07, 6.45) is 1.98. The van der Waals surface area contributed by atoms with E-state index in [2.05, 4.69) is 47.2 Å². The van der Waals surface area contributed by atoms with Crippen molar-refractivity contribution in [2.45, 2.75) is 31.5 Å². The Hall–Kier alpha value is -0.240. The number of aliphatic hydroxyl groups is 3. The molecule has 0 fully saturated rings. The molecule has 0 aromatic rings. The van der Waals surface area contributed by atoms with Crippen LogP contribution in [0.15, 0.2) is 0 Å². The van der Waals surface area contributed by atoms with Crippen molar-refractivity contribution in [3.05, 3.63) is 0 Å². The number of rotatable bonds is 13. The Morgan fingerprint density at radius 3 is 1.52 bits per heavy atom. The lowest BCUT2D eigenvalue weighted by Gasteiger charge is -2.33. The van der Waals surface area contributed by atoms with Crippen LogP contribution in [-0.4, -0.2) is 123 Å². The lowest BCUT2D eigenvalue weighted by Crippen LogP contribution is -2.49. The molecule has 0 aliphatic heterocycles. The third kappa shape index (κ3) is 15.1. The molecule has 0 aromatic carbocycles. The van der Waals surface area contributed by atoms with E-state index in [0.717, 1.165) is 34.8 Å². The zero-order valence-electron chi connectivity index (χ0n) is 16.2. The molecule has 0 spiro atoms. The minimum Gasteiger partial charge on any atom is -0.396 e. The van der Waals surface area contributed by atoms with Gasteiger partial charge in [-0.15, -0.1) is 0 Å². The van der Waals surface area contributed by atoms with E-state index >= 15 is 0 Å². The monoisotopic (exact) mass is 335 g/mol. The molecular formula is C17H41N3O3+2. The average molecular weight is 336 g/mol. The summed E-state index contributed by atoms with van der Waals surface area (Å²) >= 11 is 0. The van der Waals surface area contributed by atoms with Gasteiger partial charge in [0.15, 0.2) is 0 Å². The zero-order chi connectivity index (χ0) is 18.1. The first-order chi connectivity index (χ1) is 10.4. The molecule has 23 heavy (non-hydrogen) atoms.